The molecule has 98 valence electrons. The first-order valence-electron chi connectivity index (χ1n) is 5.42. The van der Waals surface area contributed by atoms with E-state index in [0.29, 0.717) is 11.6 Å². The Kier molecular flexibility index (Phi) is 3.97. The van der Waals surface area contributed by atoms with E-state index >= 15 is 0 Å². The van der Waals surface area contributed by atoms with Crippen LogP contribution in [0.5, 0.6) is 0 Å². The first-order valence-corrected chi connectivity index (χ1v) is 5.80. The van der Waals surface area contributed by atoms with Crippen LogP contribution in [-0.4, -0.2) is 20.9 Å². The molecule has 0 aliphatic heterocycles. The van der Waals surface area contributed by atoms with Gasteiger partial charge in [-0.2, -0.15) is 5.10 Å². The third-order valence-electron chi connectivity index (χ3n) is 2.41. The summed E-state index contributed by atoms with van der Waals surface area (Å²) < 4.78 is 15.1. The van der Waals surface area contributed by atoms with Gasteiger partial charge < -0.3 is 5.11 Å². The van der Waals surface area contributed by atoms with Gasteiger partial charge in [-0.1, -0.05) is 17.7 Å². The first kappa shape index (κ1) is 13.3. The molecule has 0 saturated carbocycles. The molecule has 0 unspecified atom stereocenters. The van der Waals surface area contributed by atoms with Crippen molar-refractivity contribution in [1.29, 1.82) is 0 Å². The van der Waals surface area contributed by atoms with E-state index in [1.807, 2.05) is 0 Å². The van der Waals surface area contributed by atoms with Gasteiger partial charge in [-0.15, -0.1) is 0 Å². The molecule has 0 fully saturated rings. The van der Waals surface area contributed by atoms with Crippen molar-refractivity contribution in [3.05, 3.63) is 58.6 Å². The molecule has 1 N–H and O–H groups in total. The Morgan fingerprint density at radius 1 is 1.53 bits per heavy atom. The van der Waals surface area contributed by atoms with Crippen LogP contribution >= 0.6 is 11.6 Å². The van der Waals surface area contributed by atoms with E-state index in [0.717, 1.165) is 11.6 Å². The predicted molar refractivity (Wildman–Crippen MR) is 69.4 cm³/mol. The number of aromatic nitrogens is 2. The van der Waals surface area contributed by atoms with Crippen molar-refractivity contribution in [2.75, 3.05) is 0 Å². The molecule has 0 amide bonds. The number of carboxylic acids is 1. The minimum absolute atomic E-state index is 0.221. The Balaban J connectivity index is 2.23. The molecule has 1 aromatic heterocycles. The highest BCUT2D eigenvalue weighted by Gasteiger charge is 2.03. The predicted octanol–water partition coefficient (Wildman–Crippen LogP) is 2.82. The highest BCUT2D eigenvalue weighted by molar-refractivity contribution is 6.30. The third-order valence-corrected chi connectivity index (χ3v) is 2.61. The normalized spacial score (nSPS) is 11.1. The number of aliphatic carboxylic acids is 1. The van der Waals surface area contributed by atoms with E-state index in [2.05, 4.69) is 5.10 Å². The van der Waals surface area contributed by atoms with E-state index in [-0.39, 0.29) is 5.56 Å². The lowest BCUT2D eigenvalue weighted by Gasteiger charge is -2.04. The maximum Gasteiger partial charge on any atom is 0.328 e. The van der Waals surface area contributed by atoms with Crippen LogP contribution < -0.4 is 0 Å². The fourth-order valence-corrected chi connectivity index (χ4v) is 1.75. The van der Waals surface area contributed by atoms with E-state index < -0.39 is 11.8 Å². The second-order valence-corrected chi connectivity index (χ2v) is 4.32. The molecule has 0 atom stereocenters. The molecule has 0 aliphatic carbocycles. The average molecular weight is 281 g/mol. The van der Waals surface area contributed by atoms with Crippen LogP contribution in [0, 0.1) is 5.82 Å². The number of rotatable bonds is 4. The van der Waals surface area contributed by atoms with Gasteiger partial charge in [-0.05, 0) is 23.8 Å². The molecule has 2 rings (SSSR count). The number of carboxylic acid groups (broad SMARTS) is 1. The van der Waals surface area contributed by atoms with Gasteiger partial charge in [-0.3, -0.25) is 4.68 Å². The summed E-state index contributed by atoms with van der Waals surface area (Å²) in [6.07, 6.45) is 5.28. The average Bonchev–Trinajstić information content (AvgIpc) is 2.75. The number of halogens is 2. The zero-order valence-corrected chi connectivity index (χ0v) is 10.5. The molecule has 2 aromatic rings. The molecule has 0 aliphatic rings. The molecular formula is C13H10ClFN2O2. The number of benzene rings is 1. The number of hydrogen-bond donors (Lipinski definition) is 1. The molecular weight excluding hydrogens is 271 g/mol. The van der Waals surface area contributed by atoms with Crippen molar-refractivity contribution in [2.24, 2.45) is 0 Å². The van der Waals surface area contributed by atoms with E-state index in [1.165, 1.54) is 18.3 Å². The van der Waals surface area contributed by atoms with E-state index in [1.54, 1.807) is 23.0 Å². The number of carbonyl (C=O) groups is 1. The molecule has 0 saturated heterocycles. The molecule has 4 nitrogen and oxygen atoms in total. The Labute approximate surface area is 113 Å². The van der Waals surface area contributed by atoms with Crippen molar-refractivity contribution >= 4 is 23.6 Å². The van der Waals surface area contributed by atoms with Crippen molar-refractivity contribution in [2.45, 2.75) is 6.54 Å². The minimum atomic E-state index is -1.12. The lowest BCUT2D eigenvalue weighted by atomic mass is 10.1. The summed E-state index contributed by atoms with van der Waals surface area (Å²) in [5, 5.41) is 13.1. The minimum Gasteiger partial charge on any atom is -0.478 e. The Morgan fingerprint density at radius 3 is 2.95 bits per heavy atom. The summed E-state index contributed by atoms with van der Waals surface area (Å²) in [5.41, 5.74) is 1.02. The SMILES string of the molecule is O=C(O)C=Cc1cc(Cn2cc(Cl)cn2)ccc1F. The second-order valence-electron chi connectivity index (χ2n) is 3.88. The number of nitrogens with zero attached hydrogens (tertiary/aromatic N) is 2. The highest BCUT2D eigenvalue weighted by atomic mass is 35.5. The van der Waals surface area contributed by atoms with Crippen LogP contribution in [0.3, 0.4) is 0 Å². The van der Waals surface area contributed by atoms with E-state index in [4.69, 9.17) is 16.7 Å². The lowest BCUT2D eigenvalue weighted by Crippen LogP contribution is -2.00. The van der Waals surface area contributed by atoms with Crippen LogP contribution in [-0.2, 0) is 11.3 Å². The van der Waals surface area contributed by atoms with Gasteiger partial charge in [0.25, 0.3) is 0 Å². The molecule has 0 bridgehead atoms. The van der Waals surface area contributed by atoms with Crippen molar-refractivity contribution < 1.29 is 14.3 Å². The van der Waals surface area contributed by atoms with Gasteiger partial charge in [0.2, 0.25) is 0 Å². The largest absolute Gasteiger partial charge is 0.478 e. The number of hydrogen-bond acceptors (Lipinski definition) is 2. The van der Waals surface area contributed by atoms with Crippen LogP contribution in [0.15, 0.2) is 36.7 Å². The summed E-state index contributed by atoms with van der Waals surface area (Å²) in [7, 11) is 0. The fraction of sp³-hybridized carbons (Fsp3) is 0.0769. The maximum absolute atomic E-state index is 13.5. The molecule has 19 heavy (non-hydrogen) atoms. The van der Waals surface area contributed by atoms with Crippen LogP contribution in [0.4, 0.5) is 4.39 Å². The van der Waals surface area contributed by atoms with Gasteiger partial charge >= 0.3 is 5.97 Å². The lowest BCUT2D eigenvalue weighted by molar-refractivity contribution is -0.131. The topological polar surface area (TPSA) is 55.1 Å². The van der Waals surface area contributed by atoms with E-state index in [9.17, 15) is 9.18 Å². The van der Waals surface area contributed by atoms with Crippen molar-refractivity contribution in [1.82, 2.24) is 9.78 Å². The first-order chi connectivity index (χ1) is 9.04. The summed E-state index contributed by atoms with van der Waals surface area (Å²) >= 11 is 5.75. The monoisotopic (exact) mass is 280 g/mol. The zero-order valence-electron chi connectivity index (χ0n) is 9.75. The summed E-state index contributed by atoms with van der Waals surface area (Å²) in [4.78, 5) is 10.4. The van der Waals surface area contributed by atoms with Gasteiger partial charge in [0.05, 0.1) is 17.8 Å². The Hall–Kier alpha value is -2.14. The quantitative estimate of drug-likeness (QED) is 0.876. The van der Waals surface area contributed by atoms with Gasteiger partial charge in [0.15, 0.2) is 0 Å². The zero-order chi connectivity index (χ0) is 13.8. The van der Waals surface area contributed by atoms with Crippen LogP contribution in [0.25, 0.3) is 6.08 Å². The molecule has 1 aromatic carbocycles. The molecule has 6 heteroatoms. The maximum atomic E-state index is 13.5. The smallest absolute Gasteiger partial charge is 0.328 e. The fourth-order valence-electron chi connectivity index (χ4n) is 1.59. The molecule has 0 radical (unpaired) electrons. The van der Waals surface area contributed by atoms with Crippen molar-refractivity contribution in [3.8, 4) is 0 Å². The summed E-state index contributed by atoms with van der Waals surface area (Å²) in [5.74, 6) is -1.59. The second kappa shape index (κ2) is 5.67. The Bertz CT molecular complexity index is 637. The van der Waals surface area contributed by atoms with Gasteiger partial charge in [0, 0.05) is 17.8 Å². The van der Waals surface area contributed by atoms with Crippen LogP contribution in [0.1, 0.15) is 11.1 Å². The molecule has 0 spiro atoms. The third kappa shape index (κ3) is 3.66. The highest BCUT2D eigenvalue weighted by Crippen LogP contribution is 2.14. The summed E-state index contributed by atoms with van der Waals surface area (Å²) in [6.45, 7) is 0.431. The Morgan fingerprint density at radius 2 is 2.32 bits per heavy atom. The molecule has 1 heterocycles. The van der Waals surface area contributed by atoms with Gasteiger partial charge in [-0.25, -0.2) is 9.18 Å². The van der Waals surface area contributed by atoms with Gasteiger partial charge in [0.1, 0.15) is 5.82 Å². The van der Waals surface area contributed by atoms with Crippen molar-refractivity contribution in [3.63, 3.8) is 0 Å². The summed E-state index contributed by atoms with van der Waals surface area (Å²) in [6, 6.07) is 4.48. The standard InChI is InChI=1S/C13H10ClFN2O2/c14-11-6-16-17(8-11)7-9-1-3-12(15)10(5-9)2-4-13(18)19/h1-6,8H,7H2,(H,18,19). The van der Waals surface area contributed by atoms with Crippen LogP contribution in [0.2, 0.25) is 5.02 Å².